The molecule has 0 bridgehead atoms. The predicted molar refractivity (Wildman–Crippen MR) is 117 cm³/mol. The summed E-state index contributed by atoms with van der Waals surface area (Å²) in [6.07, 6.45) is 2.15. The van der Waals surface area contributed by atoms with Crippen LogP contribution in [0, 0.1) is 12.7 Å². The van der Waals surface area contributed by atoms with Crippen LogP contribution in [0.2, 0.25) is 0 Å². The van der Waals surface area contributed by atoms with E-state index >= 15 is 0 Å². The maximum Gasteiger partial charge on any atom is 0.317 e. The van der Waals surface area contributed by atoms with Crippen LogP contribution in [0.25, 0.3) is 11.5 Å². The zero-order valence-corrected chi connectivity index (χ0v) is 17.7. The van der Waals surface area contributed by atoms with E-state index < -0.39 is 0 Å². The number of aromatic nitrogens is 1. The van der Waals surface area contributed by atoms with Crippen molar-refractivity contribution in [3.8, 4) is 11.5 Å². The smallest absolute Gasteiger partial charge is 0.317 e. The minimum atomic E-state index is -0.297. The molecule has 1 N–H and O–H groups in total. The molecule has 7 heteroatoms. The minimum Gasteiger partial charge on any atom is -0.444 e. The maximum absolute atomic E-state index is 13.0. The summed E-state index contributed by atoms with van der Waals surface area (Å²) in [4.78, 5) is 21.1. The van der Waals surface area contributed by atoms with Gasteiger partial charge in [0.2, 0.25) is 5.89 Å². The van der Waals surface area contributed by atoms with Gasteiger partial charge < -0.3 is 14.6 Å². The third kappa shape index (κ3) is 5.70. The number of urea groups is 1. The first kappa shape index (κ1) is 21.1. The molecule has 2 heterocycles. The standard InChI is InChI=1S/C24H27FN4O2/c1-18-3-2-4-19(15-18)16-28-11-13-29(14-12-28)24(30)26-10-9-22-17-31-23(27-22)20-5-7-21(25)8-6-20/h2-8,15,17H,9-14,16H2,1H3,(H,26,30). The lowest BCUT2D eigenvalue weighted by molar-refractivity contribution is 0.135. The van der Waals surface area contributed by atoms with Gasteiger partial charge in [0.1, 0.15) is 12.1 Å². The molecule has 2 amide bonds. The van der Waals surface area contributed by atoms with Crippen molar-refractivity contribution >= 4 is 6.03 Å². The summed E-state index contributed by atoms with van der Waals surface area (Å²) in [5, 5.41) is 2.97. The second-order valence-corrected chi connectivity index (χ2v) is 7.89. The van der Waals surface area contributed by atoms with E-state index in [-0.39, 0.29) is 11.8 Å². The Labute approximate surface area is 181 Å². The van der Waals surface area contributed by atoms with Crippen LogP contribution < -0.4 is 5.32 Å². The molecule has 1 aliphatic heterocycles. The molecule has 1 fully saturated rings. The number of hydrogen-bond donors (Lipinski definition) is 1. The quantitative estimate of drug-likeness (QED) is 0.655. The van der Waals surface area contributed by atoms with Gasteiger partial charge >= 0.3 is 6.03 Å². The van der Waals surface area contributed by atoms with Crippen molar-refractivity contribution in [3.63, 3.8) is 0 Å². The molecule has 31 heavy (non-hydrogen) atoms. The molecule has 0 aliphatic carbocycles. The van der Waals surface area contributed by atoms with E-state index in [1.807, 2.05) is 4.90 Å². The first-order valence-corrected chi connectivity index (χ1v) is 10.6. The molecule has 3 aromatic rings. The van der Waals surface area contributed by atoms with Crippen molar-refractivity contribution in [2.24, 2.45) is 0 Å². The summed E-state index contributed by atoms with van der Waals surface area (Å²) in [6.45, 7) is 6.68. The molecule has 0 spiro atoms. The molecule has 162 valence electrons. The van der Waals surface area contributed by atoms with Gasteiger partial charge in [-0.25, -0.2) is 14.2 Å². The van der Waals surface area contributed by atoms with Crippen LogP contribution >= 0.6 is 0 Å². The molecule has 0 saturated carbocycles. The lowest BCUT2D eigenvalue weighted by atomic mass is 10.1. The topological polar surface area (TPSA) is 61.6 Å². The highest BCUT2D eigenvalue weighted by atomic mass is 19.1. The minimum absolute atomic E-state index is 0.0440. The molecular formula is C24H27FN4O2. The fourth-order valence-corrected chi connectivity index (χ4v) is 3.73. The molecule has 4 rings (SSSR count). The van der Waals surface area contributed by atoms with E-state index in [4.69, 9.17) is 4.42 Å². The highest BCUT2D eigenvalue weighted by Gasteiger charge is 2.21. The molecule has 6 nitrogen and oxygen atoms in total. The van der Waals surface area contributed by atoms with Gasteiger partial charge in [0.15, 0.2) is 0 Å². The first-order valence-electron chi connectivity index (χ1n) is 10.6. The number of rotatable bonds is 6. The summed E-state index contributed by atoms with van der Waals surface area (Å²) in [7, 11) is 0. The molecule has 0 atom stereocenters. The third-order valence-electron chi connectivity index (χ3n) is 5.45. The van der Waals surface area contributed by atoms with Gasteiger partial charge in [-0.15, -0.1) is 0 Å². The third-order valence-corrected chi connectivity index (χ3v) is 5.45. The van der Waals surface area contributed by atoms with Crippen LogP contribution in [-0.4, -0.2) is 53.5 Å². The number of benzene rings is 2. The first-order chi connectivity index (χ1) is 15.1. The predicted octanol–water partition coefficient (Wildman–Crippen LogP) is 3.86. The number of hydrogen-bond acceptors (Lipinski definition) is 4. The van der Waals surface area contributed by atoms with E-state index in [1.54, 1.807) is 18.4 Å². The van der Waals surface area contributed by atoms with Crippen molar-refractivity contribution in [2.75, 3.05) is 32.7 Å². The Bertz CT molecular complexity index is 1010. The lowest BCUT2D eigenvalue weighted by Gasteiger charge is -2.34. The maximum atomic E-state index is 13.0. The Morgan fingerprint density at radius 2 is 1.90 bits per heavy atom. The van der Waals surface area contributed by atoms with Gasteiger partial charge in [0.05, 0.1) is 5.69 Å². The Kier molecular flexibility index (Phi) is 6.62. The van der Waals surface area contributed by atoms with Crippen LogP contribution in [0.15, 0.2) is 59.2 Å². The summed E-state index contributed by atoms with van der Waals surface area (Å²) < 4.78 is 18.5. The second kappa shape index (κ2) is 9.75. The summed E-state index contributed by atoms with van der Waals surface area (Å²) in [5.74, 6) is 0.153. The Hall–Kier alpha value is -3.19. The van der Waals surface area contributed by atoms with Crippen molar-refractivity contribution in [1.29, 1.82) is 0 Å². The molecular weight excluding hydrogens is 395 g/mol. The summed E-state index contributed by atoms with van der Waals surface area (Å²) in [5.41, 5.74) is 4.06. The number of amides is 2. The van der Waals surface area contributed by atoms with Gasteiger partial charge in [-0.1, -0.05) is 29.8 Å². The average Bonchev–Trinajstić information content (AvgIpc) is 3.24. The number of carbonyl (C=O) groups excluding carboxylic acids is 1. The fraction of sp³-hybridized carbons (Fsp3) is 0.333. The zero-order valence-electron chi connectivity index (χ0n) is 17.7. The number of aryl methyl sites for hydroxylation is 1. The van der Waals surface area contributed by atoms with E-state index in [0.717, 1.165) is 44.0 Å². The highest BCUT2D eigenvalue weighted by molar-refractivity contribution is 5.74. The van der Waals surface area contributed by atoms with E-state index in [1.165, 1.54) is 23.3 Å². The number of nitrogens with one attached hydrogen (secondary N) is 1. The summed E-state index contributed by atoms with van der Waals surface area (Å²) >= 11 is 0. The van der Waals surface area contributed by atoms with E-state index in [2.05, 4.69) is 46.4 Å². The molecule has 1 aliphatic rings. The molecule has 1 aromatic heterocycles. The van der Waals surface area contributed by atoms with Crippen LogP contribution in [0.4, 0.5) is 9.18 Å². The SMILES string of the molecule is Cc1cccc(CN2CCN(C(=O)NCCc3coc(-c4ccc(F)cc4)n3)CC2)c1. The Morgan fingerprint density at radius 1 is 1.13 bits per heavy atom. The van der Waals surface area contributed by atoms with Crippen LogP contribution in [0.3, 0.4) is 0 Å². The molecule has 0 unspecified atom stereocenters. The van der Waals surface area contributed by atoms with Crippen LogP contribution in [0.5, 0.6) is 0 Å². The second-order valence-electron chi connectivity index (χ2n) is 7.89. The monoisotopic (exact) mass is 422 g/mol. The Morgan fingerprint density at radius 3 is 2.65 bits per heavy atom. The van der Waals surface area contributed by atoms with Crippen molar-refractivity contribution < 1.29 is 13.6 Å². The number of carbonyl (C=O) groups is 1. The van der Waals surface area contributed by atoms with Crippen LogP contribution in [-0.2, 0) is 13.0 Å². The van der Waals surface area contributed by atoms with Crippen molar-refractivity contribution in [1.82, 2.24) is 20.1 Å². The molecule has 1 saturated heterocycles. The van der Waals surface area contributed by atoms with Crippen molar-refractivity contribution in [3.05, 3.63) is 77.4 Å². The molecule has 2 aromatic carbocycles. The molecule has 0 radical (unpaired) electrons. The number of halogens is 1. The number of nitrogens with zero attached hydrogens (tertiary/aromatic N) is 3. The lowest BCUT2D eigenvalue weighted by Crippen LogP contribution is -2.51. The zero-order chi connectivity index (χ0) is 21.6. The van der Waals surface area contributed by atoms with E-state index in [9.17, 15) is 9.18 Å². The van der Waals surface area contributed by atoms with Gasteiger partial charge in [-0.2, -0.15) is 0 Å². The number of piperazine rings is 1. The van der Waals surface area contributed by atoms with Crippen molar-refractivity contribution in [2.45, 2.75) is 19.9 Å². The van der Waals surface area contributed by atoms with Gasteiger partial charge in [-0.05, 0) is 36.8 Å². The average molecular weight is 423 g/mol. The van der Waals surface area contributed by atoms with E-state index in [0.29, 0.717) is 18.9 Å². The number of oxazole rings is 1. The highest BCUT2D eigenvalue weighted by Crippen LogP contribution is 2.19. The fourth-order valence-electron chi connectivity index (χ4n) is 3.73. The van der Waals surface area contributed by atoms with Gasteiger partial charge in [-0.3, -0.25) is 4.90 Å². The summed E-state index contributed by atoms with van der Waals surface area (Å²) in [6, 6.07) is 14.5. The largest absolute Gasteiger partial charge is 0.444 e. The van der Waals surface area contributed by atoms with Gasteiger partial charge in [0.25, 0.3) is 0 Å². The Balaban J connectivity index is 1.19. The normalized spacial score (nSPS) is 14.6. The van der Waals surface area contributed by atoms with Crippen LogP contribution in [0.1, 0.15) is 16.8 Å². The van der Waals surface area contributed by atoms with Gasteiger partial charge in [0, 0.05) is 51.3 Å².